The zero-order chi connectivity index (χ0) is 14.8. The molecule has 1 aromatic rings. The SMILES string of the molecule is CCCn1c(CCl)nnc1C(C(F)(F)F)C(F)(F)F. The maximum Gasteiger partial charge on any atom is 0.407 e. The van der Waals surface area contributed by atoms with E-state index in [-0.39, 0.29) is 18.2 Å². The minimum Gasteiger partial charge on any atom is -0.313 e. The number of hydrogen-bond donors (Lipinski definition) is 0. The molecule has 110 valence electrons. The summed E-state index contributed by atoms with van der Waals surface area (Å²) in [5.41, 5.74) is 0. The number of aromatic nitrogens is 3. The highest BCUT2D eigenvalue weighted by atomic mass is 35.5. The van der Waals surface area contributed by atoms with Gasteiger partial charge in [-0.15, -0.1) is 21.8 Å². The van der Waals surface area contributed by atoms with Crippen LogP contribution in [-0.2, 0) is 12.4 Å². The second kappa shape index (κ2) is 5.56. The van der Waals surface area contributed by atoms with Gasteiger partial charge in [-0.3, -0.25) is 0 Å². The molecule has 0 saturated heterocycles. The van der Waals surface area contributed by atoms with Crippen molar-refractivity contribution in [3.8, 4) is 0 Å². The van der Waals surface area contributed by atoms with Gasteiger partial charge >= 0.3 is 12.4 Å². The van der Waals surface area contributed by atoms with Crippen molar-refractivity contribution in [1.82, 2.24) is 14.8 Å². The maximum absolute atomic E-state index is 12.6. The van der Waals surface area contributed by atoms with Crippen LogP contribution in [0.2, 0.25) is 0 Å². The highest BCUT2D eigenvalue weighted by Crippen LogP contribution is 2.45. The van der Waals surface area contributed by atoms with E-state index >= 15 is 0 Å². The Morgan fingerprint density at radius 1 is 1.11 bits per heavy atom. The smallest absolute Gasteiger partial charge is 0.313 e. The fourth-order valence-electron chi connectivity index (χ4n) is 1.61. The molecule has 0 fully saturated rings. The Kier molecular flexibility index (Phi) is 4.70. The molecule has 0 atom stereocenters. The number of halogens is 7. The maximum atomic E-state index is 12.6. The van der Waals surface area contributed by atoms with E-state index in [1.165, 1.54) is 0 Å². The summed E-state index contributed by atoms with van der Waals surface area (Å²) in [6, 6.07) is 0. The van der Waals surface area contributed by atoms with Crippen LogP contribution in [0.5, 0.6) is 0 Å². The predicted octanol–water partition coefficient (Wildman–Crippen LogP) is 3.64. The Bertz CT molecular complexity index is 411. The molecule has 0 unspecified atom stereocenters. The van der Waals surface area contributed by atoms with Gasteiger partial charge in [-0.2, -0.15) is 26.3 Å². The van der Waals surface area contributed by atoms with Gasteiger partial charge in [0, 0.05) is 6.54 Å². The summed E-state index contributed by atoms with van der Waals surface area (Å²) in [6.07, 6.45) is -10.6. The summed E-state index contributed by atoms with van der Waals surface area (Å²) in [5, 5.41) is 6.31. The van der Waals surface area contributed by atoms with E-state index in [9.17, 15) is 26.3 Å². The van der Waals surface area contributed by atoms with Gasteiger partial charge in [0.1, 0.15) is 5.82 Å². The fourth-order valence-corrected chi connectivity index (χ4v) is 1.80. The summed E-state index contributed by atoms with van der Waals surface area (Å²) in [6.45, 7) is 1.55. The minimum atomic E-state index is -5.49. The van der Waals surface area contributed by atoms with Gasteiger partial charge in [0.05, 0.1) is 5.88 Å². The van der Waals surface area contributed by atoms with Crippen LogP contribution < -0.4 is 0 Å². The first kappa shape index (κ1) is 16.1. The van der Waals surface area contributed by atoms with Gasteiger partial charge in [0.2, 0.25) is 5.92 Å². The minimum absolute atomic E-state index is 0.0625. The lowest BCUT2D eigenvalue weighted by Gasteiger charge is -2.22. The topological polar surface area (TPSA) is 30.7 Å². The molecule has 19 heavy (non-hydrogen) atoms. The first-order chi connectivity index (χ1) is 8.62. The highest BCUT2D eigenvalue weighted by Gasteiger charge is 2.60. The van der Waals surface area contributed by atoms with Crippen molar-refractivity contribution in [3.63, 3.8) is 0 Å². The van der Waals surface area contributed by atoms with Gasteiger partial charge in [0.25, 0.3) is 0 Å². The number of rotatable bonds is 4. The second-order valence-electron chi connectivity index (χ2n) is 3.78. The molecule has 0 aliphatic carbocycles. The molecule has 1 rings (SSSR count). The predicted molar refractivity (Wildman–Crippen MR) is 54.7 cm³/mol. The van der Waals surface area contributed by atoms with E-state index in [0.717, 1.165) is 4.57 Å². The average molecular weight is 310 g/mol. The molecule has 1 aromatic heterocycles. The zero-order valence-electron chi connectivity index (χ0n) is 9.69. The van der Waals surface area contributed by atoms with Crippen molar-refractivity contribution in [3.05, 3.63) is 11.6 Å². The van der Waals surface area contributed by atoms with Crippen LogP contribution in [0.25, 0.3) is 0 Å². The average Bonchev–Trinajstić information content (AvgIpc) is 2.58. The van der Waals surface area contributed by atoms with Crippen LogP contribution >= 0.6 is 11.6 Å². The molecule has 0 radical (unpaired) electrons. The summed E-state index contributed by atoms with van der Waals surface area (Å²) < 4.78 is 76.4. The Morgan fingerprint density at radius 3 is 2.00 bits per heavy atom. The molecular weight excluding hydrogens is 300 g/mol. The quantitative estimate of drug-likeness (QED) is 0.628. The molecule has 0 aromatic carbocycles. The van der Waals surface area contributed by atoms with Crippen LogP contribution in [-0.4, -0.2) is 27.1 Å². The second-order valence-corrected chi connectivity index (χ2v) is 4.04. The third kappa shape index (κ3) is 3.52. The van der Waals surface area contributed by atoms with Gasteiger partial charge < -0.3 is 4.57 Å². The Labute approximate surface area is 109 Å². The fraction of sp³-hybridized carbons (Fsp3) is 0.778. The summed E-state index contributed by atoms with van der Waals surface area (Å²) in [5.74, 6) is -5.25. The van der Waals surface area contributed by atoms with Crippen molar-refractivity contribution in [2.24, 2.45) is 0 Å². The van der Waals surface area contributed by atoms with E-state index in [4.69, 9.17) is 11.6 Å². The lowest BCUT2D eigenvalue weighted by molar-refractivity contribution is -0.256. The van der Waals surface area contributed by atoms with Crippen LogP contribution in [0.3, 0.4) is 0 Å². The van der Waals surface area contributed by atoms with Gasteiger partial charge in [-0.25, -0.2) is 0 Å². The molecule has 0 spiro atoms. The Balaban J connectivity index is 3.35. The molecular formula is C9H10ClF6N3. The van der Waals surface area contributed by atoms with Crippen molar-refractivity contribution in [2.45, 2.75) is 44.0 Å². The van der Waals surface area contributed by atoms with Gasteiger partial charge in [0.15, 0.2) is 5.82 Å². The number of nitrogens with zero attached hydrogens (tertiary/aromatic N) is 3. The van der Waals surface area contributed by atoms with E-state index in [0.29, 0.717) is 6.42 Å². The van der Waals surface area contributed by atoms with Crippen LogP contribution in [0.15, 0.2) is 0 Å². The van der Waals surface area contributed by atoms with Crippen molar-refractivity contribution in [2.75, 3.05) is 0 Å². The van der Waals surface area contributed by atoms with Gasteiger partial charge in [-0.1, -0.05) is 6.92 Å². The zero-order valence-corrected chi connectivity index (χ0v) is 10.4. The van der Waals surface area contributed by atoms with E-state index < -0.39 is 24.1 Å². The summed E-state index contributed by atoms with van der Waals surface area (Å²) in [7, 11) is 0. The first-order valence-corrected chi connectivity index (χ1v) is 5.77. The van der Waals surface area contributed by atoms with Crippen LogP contribution in [0.4, 0.5) is 26.3 Å². The molecule has 0 amide bonds. The molecule has 3 nitrogen and oxygen atoms in total. The summed E-state index contributed by atoms with van der Waals surface area (Å²) >= 11 is 5.43. The van der Waals surface area contributed by atoms with Crippen LogP contribution in [0, 0.1) is 0 Å². The molecule has 0 aliphatic heterocycles. The Morgan fingerprint density at radius 2 is 1.63 bits per heavy atom. The molecule has 0 bridgehead atoms. The van der Waals surface area contributed by atoms with Crippen molar-refractivity contribution >= 4 is 11.6 Å². The standard InChI is InChI=1S/C9H10ClF6N3/c1-2-3-19-5(4-10)17-18-7(19)6(8(11,12)13)9(14,15)16/h6H,2-4H2,1H3. The highest BCUT2D eigenvalue weighted by molar-refractivity contribution is 6.16. The lowest BCUT2D eigenvalue weighted by Crippen LogP contribution is -2.36. The third-order valence-electron chi connectivity index (χ3n) is 2.34. The monoisotopic (exact) mass is 309 g/mol. The lowest BCUT2D eigenvalue weighted by atomic mass is 10.1. The first-order valence-electron chi connectivity index (χ1n) is 5.24. The number of alkyl halides is 7. The third-order valence-corrected chi connectivity index (χ3v) is 2.57. The largest absolute Gasteiger partial charge is 0.407 e. The Hall–Kier alpha value is -0.990. The normalized spacial score (nSPS) is 13.3. The van der Waals surface area contributed by atoms with Crippen molar-refractivity contribution in [1.29, 1.82) is 0 Å². The van der Waals surface area contributed by atoms with E-state index in [1.54, 1.807) is 6.92 Å². The number of hydrogen-bond acceptors (Lipinski definition) is 2. The van der Waals surface area contributed by atoms with Gasteiger partial charge in [-0.05, 0) is 6.42 Å². The van der Waals surface area contributed by atoms with E-state index in [1.807, 2.05) is 0 Å². The summed E-state index contributed by atoms with van der Waals surface area (Å²) in [4.78, 5) is 0. The molecule has 0 aliphatic rings. The van der Waals surface area contributed by atoms with Crippen molar-refractivity contribution < 1.29 is 26.3 Å². The molecule has 0 N–H and O–H groups in total. The molecule has 10 heteroatoms. The van der Waals surface area contributed by atoms with E-state index in [2.05, 4.69) is 10.2 Å². The van der Waals surface area contributed by atoms with Crippen LogP contribution in [0.1, 0.15) is 30.9 Å². The molecule has 0 saturated carbocycles. The molecule has 1 heterocycles.